The fraction of sp³-hybridized carbons (Fsp3) is 0.143. The van der Waals surface area contributed by atoms with Crippen molar-refractivity contribution in [3.63, 3.8) is 0 Å². The summed E-state index contributed by atoms with van der Waals surface area (Å²) in [6, 6.07) is 5.89. The van der Waals surface area contributed by atoms with E-state index in [0.717, 1.165) is 10.6 Å². The van der Waals surface area contributed by atoms with E-state index in [-0.39, 0.29) is 0 Å². The quantitative estimate of drug-likeness (QED) is 0.732. The molecule has 0 atom stereocenters. The third-order valence-electron chi connectivity index (χ3n) is 3.09. The number of nitrogens with one attached hydrogen (secondary N) is 2. The highest BCUT2D eigenvalue weighted by atomic mass is 35.5. The Morgan fingerprint density at radius 3 is 2.50 bits per heavy atom. The summed E-state index contributed by atoms with van der Waals surface area (Å²) < 4.78 is 63.4. The van der Waals surface area contributed by atoms with Gasteiger partial charge in [-0.15, -0.1) is 4.83 Å². The van der Waals surface area contributed by atoms with Crippen molar-refractivity contribution in [2.75, 3.05) is 0 Å². The summed E-state index contributed by atoms with van der Waals surface area (Å²) in [5.74, 6) is -0.912. The van der Waals surface area contributed by atoms with E-state index in [1.165, 1.54) is 24.4 Å². The highest BCUT2D eigenvalue weighted by Gasteiger charge is 2.32. The van der Waals surface area contributed by atoms with Gasteiger partial charge < -0.3 is 4.57 Å². The summed E-state index contributed by atoms with van der Waals surface area (Å²) >= 11 is 5.65. The predicted molar refractivity (Wildman–Crippen MR) is 85.6 cm³/mol. The first-order valence-corrected chi connectivity index (χ1v) is 8.70. The van der Waals surface area contributed by atoms with Gasteiger partial charge in [0.2, 0.25) is 0 Å². The number of hydrazine groups is 1. The number of benzene rings is 1. The zero-order valence-corrected chi connectivity index (χ0v) is 14.3. The van der Waals surface area contributed by atoms with Crippen LogP contribution in [-0.2, 0) is 27.5 Å². The number of halogens is 4. The summed E-state index contributed by atoms with van der Waals surface area (Å²) in [4.78, 5) is 24.0. The molecule has 1 aromatic heterocycles. The van der Waals surface area contributed by atoms with Crippen molar-refractivity contribution >= 4 is 27.5 Å². The summed E-state index contributed by atoms with van der Waals surface area (Å²) in [6.45, 7) is -0.501. The topological polar surface area (TPSA) is 97.3 Å². The molecule has 0 radical (unpaired) electrons. The van der Waals surface area contributed by atoms with E-state index in [4.69, 9.17) is 11.6 Å². The van der Waals surface area contributed by atoms with Gasteiger partial charge in [0, 0.05) is 12.3 Å². The average molecular weight is 410 g/mol. The number of carbonyl (C=O) groups is 1. The third-order valence-corrected chi connectivity index (χ3v) is 4.82. The molecule has 0 unspecified atom stereocenters. The first-order chi connectivity index (χ1) is 12.0. The summed E-state index contributed by atoms with van der Waals surface area (Å²) in [5.41, 5.74) is 0.0939. The van der Waals surface area contributed by atoms with Crippen LogP contribution in [0.1, 0.15) is 5.56 Å². The number of hydrogen-bond donors (Lipinski definition) is 2. The Hall–Kier alpha value is -2.37. The second-order valence-electron chi connectivity index (χ2n) is 4.96. The number of pyridine rings is 1. The molecule has 2 rings (SSSR count). The predicted octanol–water partition coefficient (Wildman–Crippen LogP) is 1.53. The van der Waals surface area contributed by atoms with Gasteiger partial charge in [0.1, 0.15) is 11.4 Å². The van der Waals surface area contributed by atoms with Crippen molar-refractivity contribution in [2.45, 2.75) is 17.6 Å². The van der Waals surface area contributed by atoms with Crippen LogP contribution in [0.3, 0.4) is 0 Å². The van der Waals surface area contributed by atoms with E-state index >= 15 is 0 Å². The molecule has 0 aliphatic rings. The van der Waals surface area contributed by atoms with Gasteiger partial charge in [0.25, 0.3) is 21.5 Å². The number of sulfonamides is 1. The third kappa shape index (κ3) is 4.84. The van der Waals surface area contributed by atoms with Crippen LogP contribution in [-0.4, -0.2) is 18.9 Å². The maximum Gasteiger partial charge on any atom is 0.416 e. The van der Waals surface area contributed by atoms with Crippen molar-refractivity contribution in [3.05, 3.63) is 63.5 Å². The SMILES string of the molecule is O=C(Cn1ccccc1=O)NNS(=O)(=O)c1cc(C(F)(F)F)ccc1Cl. The highest BCUT2D eigenvalue weighted by Crippen LogP contribution is 2.33. The lowest BCUT2D eigenvalue weighted by Crippen LogP contribution is -2.44. The zero-order valence-electron chi connectivity index (χ0n) is 12.7. The minimum absolute atomic E-state index is 0.346. The van der Waals surface area contributed by atoms with Crippen LogP contribution in [0, 0.1) is 0 Å². The second-order valence-corrected chi connectivity index (χ2v) is 7.02. The fourth-order valence-corrected chi connectivity index (χ4v) is 3.24. The standard InChI is InChI=1S/C14H11ClF3N3O4S/c15-10-5-4-9(14(16,17)18)7-11(10)26(24,25)20-19-12(22)8-21-6-2-1-3-13(21)23/h1-7,20H,8H2,(H,19,22). The molecule has 1 aromatic carbocycles. The van der Waals surface area contributed by atoms with Gasteiger partial charge in [0.15, 0.2) is 0 Å². The lowest BCUT2D eigenvalue weighted by atomic mass is 10.2. The zero-order chi connectivity index (χ0) is 19.5. The Balaban J connectivity index is 2.15. The summed E-state index contributed by atoms with van der Waals surface area (Å²) in [7, 11) is -4.57. The van der Waals surface area contributed by atoms with Gasteiger partial charge in [-0.3, -0.25) is 15.0 Å². The Bertz CT molecular complexity index is 989. The number of nitrogens with zero attached hydrogens (tertiary/aromatic N) is 1. The Labute approximate surface area is 150 Å². The lowest BCUT2D eigenvalue weighted by molar-refractivity contribution is -0.137. The molecule has 0 spiro atoms. The van der Waals surface area contributed by atoms with Crippen molar-refractivity contribution < 1.29 is 26.4 Å². The van der Waals surface area contributed by atoms with Crippen molar-refractivity contribution in [3.8, 4) is 0 Å². The smallest absolute Gasteiger partial charge is 0.306 e. The van der Waals surface area contributed by atoms with E-state index in [2.05, 4.69) is 0 Å². The van der Waals surface area contributed by atoms with E-state index in [0.29, 0.717) is 12.1 Å². The number of amides is 1. The first kappa shape index (κ1) is 19.9. The number of alkyl halides is 3. The van der Waals surface area contributed by atoms with E-state index in [1.54, 1.807) is 10.3 Å². The molecule has 0 bridgehead atoms. The monoisotopic (exact) mass is 409 g/mol. The Morgan fingerprint density at radius 2 is 1.88 bits per heavy atom. The second kappa shape index (κ2) is 7.48. The number of rotatable bonds is 5. The molecule has 0 aliphatic heterocycles. The minimum atomic E-state index is -4.77. The minimum Gasteiger partial charge on any atom is -0.306 e. The van der Waals surface area contributed by atoms with Crippen LogP contribution in [0.2, 0.25) is 5.02 Å². The molecular formula is C14H11ClF3N3O4S. The van der Waals surface area contributed by atoms with Gasteiger partial charge in [-0.1, -0.05) is 17.7 Å². The van der Waals surface area contributed by atoms with E-state index in [9.17, 15) is 31.2 Å². The normalized spacial score (nSPS) is 12.0. The molecule has 2 N–H and O–H groups in total. The molecule has 1 amide bonds. The highest BCUT2D eigenvalue weighted by molar-refractivity contribution is 7.89. The molecule has 26 heavy (non-hydrogen) atoms. The van der Waals surface area contributed by atoms with Gasteiger partial charge in [0.05, 0.1) is 10.6 Å². The molecule has 1 heterocycles. The van der Waals surface area contributed by atoms with E-state index in [1.807, 2.05) is 0 Å². The number of carbonyl (C=O) groups excluding carboxylic acids is 1. The van der Waals surface area contributed by atoms with Crippen molar-refractivity contribution in [2.24, 2.45) is 0 Å². The molecule has 0 saturated carbocycles. The van der Waals surface area contributed by atoms with Crippen molar-refractivity contribution in [1.29, 1.82) is 0 Å². The van der Waals surface area contributed by atoms with Crippen LogP contribution >= 0.6 is 11.6 Å². The van der Waals surface area contributed by atoms with Gasteiger partial charge in [-0.2, -0.15) is 13.2 Å². The lowest BCUT2D eigenvalue weighted by Gasteiger charge is -2.13. The Morgan fingerprint density at radius 1 is 1.19 bits per heavy atom. The molecule has 0 saturated heterocycles. The molecule has 0 fully saturated rings. The van der Waals surface area contributed by atoms with Crippen LogP contribution in [0.5, 0.6) is 0 Å². The summed E-state index contributed by atoms with van der Waals surface area (Å²) in [6.07, 6.45) is -3.47. The van der Waals surface area contributed by atoms with Gasteiger partial charge >= 0.3 is 6.18 Å². The average Bonchev–Trinajstić information content (AvgIpc) is 2.54. The fourth-order valence-electron chi connectivity index (χ4n) is 1.85. The molecular weight excluding hydrogens is 399 g/mol. The first-order valence-electron chi connectivity index (χ1n) is 6.83. The maximum atomic E-state index is 12.7. The van der Waals surface area contributed by atoms with Gasteiger partial charge in [-0.25, -0.2) is 8.42 Å². The number of aromatic nitrogens is 1. The molecule has 2 aromatic rings. The molecule has 12 heteroatoms. The summed E-state index contributed by atoms with van der Waals surface area (Å²) in [5, 5.41) is -0.459. The molecule has 0 aliphatic carbocycles. The van der Waals surface area contributed by atoms with Crippen LogP contribution in [0.25, 0.3) is 0 Å². The van der Waals surface area contributed by atoms with Crippen LogP contribution < -0.4 is 15.8 Å². The maximum absolute atomic E-state index is 12.7. The molecule has 7 nitrogen and oxygen atoms in total. The number of hydrogen-bond acceptors (Lipinski definition) is 4. The van der Waals surface area contributed by atoms with Gasteiger partial charge in [-0.05, 0) is 24.3 Å². The van der Waals surface area contributed by atoms with Crippen LogP contribution in [0.15, 0.2) is 52.3 Å². The van der Waals surface area contributed by atoms with Crippen molar-refractivity contribution in [1.82, 2.24) is 14.8 Å². The molecule has 140 valence electrons. The Kier molecular flexibility index (Phi) is 5.74. The van der Waals surface area contributed by atoms with Crippen LogP contribution in [0.4, 0.5) is 13.2 Å². The largest absolute Gasteiger partial charge is 0.416 e. The van der Waals surface area contributed by atoms with E-state index < -0.39 is 49.7 Å².